The fourth-order valence-electron chi connectivity index (χ4n) is 2.03. The molecule has 100 valence electrons. The van der Waals surface area contributed by atoms with Crippen LogP contribution in [0.4, 0.5) is 0 Å². The number of nitrogens with one attached hydrogen (secondary N) is 1. The lowest BCUT2D eigenvalue weighted by molar-refractivity contribution is 0.0827. The fraction of sp³-hybridized carbons (Fsp3) is 0.692. The molecule has 0 aromatic carbocycles. The van der Waals surface area contributed by atoms with E-state index in [2.05, 4.69) is 24.3 Å². The lowest BCUT2D eigenvalue weighted by Crippen LogP contribution is -2.31. The highest BCUT2D eigenvalue weighted by molar-refractivity contribution is 5.91. The van der Waals surface area contributed by atoms with Crippen LogP contribution in [-0.4, -0.2) is 30.3 Å². The molecule has 1 amide bonds. The Kier molecular flexibility index (Phi) is 4.36. The monoisotopic (exact) mass is 252 g/mol. The first-order valence-electron chi connectivity index (χ1n) is 6.50. The van der Waals surface area contributed by atoms with Gasteiger partial charge in [0.1, 0.15) is 0 Å². The average Bonchev–Trinajstić information content (AvgIpc) is 2.95. The third-order valence-electron chi connectivity index (χ3n) is 2.91. The van der Waals surface area contributed by atoms with Crippen molar-refractivity contribution in [3.63, 3.8) is 0 Å². The predicted octanol–water partition coefficient (Wildman–Crippen LogP) is 1.78. The summed E-state index contributed by atoms with van der Waals surface area (Å²) in [7, 11) is 0. The minimum absolute atomic E-state index is 0.145. The average molecular weight is 252 g/mol. The third-order valence-corrected chi connectivity index (χ3v) is 2.91. The normalized spacial score (nSPS) is 19.4. The van der Waals surface area contributed by atoms with Crippen LogP contribution in [0.3, 0.4) is 0 Å². The second-order valence-electron chi connectivity index (χ2n) is 5.13. The molecule has 1 saturated heterocycles. The van der Waals surface area contributed by atoms with Crippen molar-refractivity contribution in [2.24, 2.45) is 5.92 Å². The van der Waals surface area contributed by atoms with Gasteiger partial charge in [0.05, 0.1) is 11.8 Å². The van der Waals surface area contributed by atoms with Gasteiger partial charge in [0.2, 0.25) is 5.76 Å². The molecule has 2 heterocycles. The van der Waals surface area contributed by atoms with Crippen LogP contribution in [0.15, 0.2) is 10.6 Å². The molecule has 0 unspecified atom stereocenters. The van der Waals surface area contributed by atoms with E-state index in [1.807, 2.05) is 0 Å². The van der Waals surface area contributed by atoms with E-state index < -0.39 is 0 Å². The van der Waals surface area contributed by atoms with Crippen molar-refractivity contribution in [2.75, 3.05) is 13.2 Å². The number of carbonyl (C=O) groups excluding carboxylic acids is 1. The topological polar surface area (TPSA) is 64.4 Å². The zero-order valence-electron chi connectivity index (χ0n) is 10.9. The quantitative estimate of drug-likeness (QED) is 0.867. The van der Waals surface area contributed by atoms with Crippen LogP contribution in [0.1, 0.15) is 42.9 Å². The number of ether oxygens (including phenoxy) is 1. The van der Waals surface area contributed by atoms with Gasteiger partial charge in [-0.2, -0.15) is 0 Å². The maximum Gasteiger partial charge on any atom is 0.289 e. The number of nitrogens with zero attached hydrogens (tertiary/aromatic N) is 1. The van der Waals surface area contributed by atoms with Crippen molar-refractivity contribution in [1.82, 2.24) is 10.5 Å². The molecule has 0 bridgehead atoms. The summed E-state index contributed by atoms with van der Waals surface area (Å²) in [5.41, 5.74) is 0.826. The highest BCUT2D eigenvalue weighted by Gasteiger charge is 2.18. The standard InChI is InChI=1S/C13H20N2O3/c1-9(2)6-10-7-12(18-15-10)13(16)14-8-11-4-3-5-17-11/h7,9,11H,3-6,8H2,1-2H3,(H,14,16)/t11-/m1/s1. The van der Waals surface area contributed by atoms with Crippen molar-refractivity contribution in [3.05, 3.63) is 17.5 Å². The Bertz CT molecular complexity index is 395. The van der Waals surface area contributed by atoms with E-state index in [0.29, 0.717) is 12.5 Å². The minimum atomic E-state index is -0.215. The Morgan fingerprint density at radius 2 is 2.44 bits per heavy atom. The largest absolute Gasteiger partial charge is 0.376 e. The van der Waals surface area contributed by atoms with Crippen LogP contribution in [0.2, 0.25) is 0 Å². The fourth-order valence-corrected chi connectivity index (χ4v) is 2.03. The molecule has 5 heteroatoms. The second kappa shape index (κ2) is 6.00. The Morgan fingerprint density at radius 1 is 1.61 bits per heavy atom. The summed E-state index contributed by atoms with van der Waals surface area (Å²) in [5.74, 6) is 0.564. The maximum atomic E-state index is 11.8. The van der Waals surface area contributed by atoms with Gasteiger partial charge in [0.15, 0.2) is 0 Å². The molecule has 0 spiro atoms. The van der Waals surface area contributed by atoms with Crippen molar-refractivity contribution in [2.45, 2.75) is 39.2 Å². The number of rotatable bonds is 5. The van der Waals surface area contributed by atoms with E-state index in [9.17, 15) is 4.79 Å². The van der Waals surface area contributed by atoms with Crippen molar-refractivity contribution in [3.8, 4) is 0 Å². The molecular formula is C13H20N2O3. The summed E-state index contributed by atoms with van der Waals surface area (Å²) >= 11 is 0. The van der Waals surface area contributed by atoms with Gasteiger partial charge in [-0.1, -0.05) is 19.0 Å². The van der Waals surface area contributed by atoms with Crippen LogP contribution in [-0.2, 0) is 11.2 Å². The van der Waals surface area contributed by atoms with Gasteiger partial charge >= 0.3 is 0 Å². The van der Waals surface area contributed by atoms with E-state index >= 15 is 0 Å². The van der Waals surface area contributed by atoms with E-state index in [4.69, 9.17) is 9.26 Å². The molecular weight excluding hydrogens is 232 g/mol. The maximum absolute atomic E-state index is 11.8. The second-order valence-corrected chi connectivity index (χ2v) is 5.13. The smallest absolute Gasteiger partial charge is 0.289 e. The summed E-state index contributed by atoms with van der Waals surface area (Å²) in [6.45, 7) is 5.54. The van der Waals surface area contributed by atoms with Gasteiger partial charge in [-0.15, -0.1) is 0 Å². The van der Waals surface area contributed by atoms with Crippen molar-refractivity contribution in [1.29, 1.82) is 0 Å². The number of aromatic nitrogens is 1. The lowest BCUT2D eigenvalue weighted by Gasteiger charge is -2.08. The third kappa shape index (κ3) is 3.57. The zero-order chi connectivity index (χ0) is 13.0. The van der Waals surface area contributed by atoms with Crippen LogP contribution in [0, 0.1) is 5.92 Å². The first-order chi connectivity index (χ1) is 8.65. The van der Waals surface area contributed by atoms with Crippen LogP contribution in [0.5, 0.6) is 0 Å². The van der Waals surface area contributed by atoms with E-state index in [0.717, 1.165) is 31.6 Å². The van der Waals surface area contributed by atoms with Gasteiger partial charge in [0.25, 0.3) is 5.91 Å². The number of carbonyl (C=O) groups is 1. The van der Waals surface area contributed by atoms with Crippen LogP contribution in [0.25, 0.3) is 0 Å². The molecule has 18 heavy (non-hydrogen) atoms. The molecule has 1 aliphatic rings. The van der Waals surface area contributed by atoms with Gasteiger partial charge in [-0.3, -0.25) is 4.79 Å². The van der Waals surface area contributed by atoms with Gasteiger partial charge in [0, 0.05) is 19.2 Å². The Labute approximate surface area is 107 Å². The summed E-state index contributed by atoms with van der Waals surface area (Å²) in [6.07, 6.45) is 3.05. The Balaban J connectivity index is 1.82. The molecule has 1 N–H and O–H groups in total. The molecule has 1 atom stereocenters. The first-order valence-corrected chi connectivity index (χ1v) is 6.50. The number of hydrogen-bond donors (Lipinski definition) is 1. The molecule has 0 aliphatic carbocycles. The molecule has 0 saturated carbocycles. The van der Waals surface area contributed by atoms with Gasteiger partial charge in [-0.05, 0) is 25.2 Å². The Morgan fingerprint density at radius 3 is 3.11 bits per heavy atom. The molecule has 0 radical (unpaired) electrons. The van der Waals surface area contributed by atoms with Crippen LogP contribution < -0.4 is 5.32 Å². The zero-order valence-corrected chi connectivity index (χ0v) is 10.9. The summed E-state index contributed by atoms with van der Waals surface area (Å²) < 4.78 is 10.5. The molecule has 1 aromatic heterocycles. The minimum Gasteiger partial charge on any atom is -0.376 e. The molecule has 1 fully saturated rings. The molecule has 1 aromatic rings. The summed E-state index contributed by atoms with van der Waals surface area (Å²) in [4.78, 5) is 11.8. The van der Waals surface area contributed by atoms with Crippen molar-refractivity contribution < 1.29 is 14.1 Å². The van der Waals surface area contributed by atoms with Crippen LogP contribution >= 0.6 is 0 Å². The summed E-state index contributed by atoms with van der Waals surface area (Å²) in [6, 6.07) is 1.71. The van der Waals surface area contributed by atoms with Gasteiger partial charge in [-0.25, -0.2) is 0 Å². The van der Waals surface area contributed by atoms with E-state index in [-0.39, 0.29) is 17.8 Å². The lowest BCUT2D eigenvalue weighted by atomic mass is 10.1. The van der Waals surface area contributed by atoms with E-state index in [1.54, 1.807) is 6.07 Å². The Hall–Kier alpha value is -1.36. The molecule has 5 nitrogen and oxygen atoms in total. The van der Waals surface area contributed by atoms with Crippen molar-refractivity contribution >= 4 is 5.91 Å². The number of hydrogen-bond acceptors (Lipinski definition) is 4. The molecule has 2 rings (SSSR count). The highest BCUT2D eigenvalue weighted by atomic mass is 16.5. The SMILES string of the molecule is CC(C)Cc1cc(C(=O)NC[C@H]2CCCO2)on1. The van der Waals surface area contributed by atoms with E-state index in [1.165, 1.54) is 0 Å². The van der Waals surface area contributed by atoms with Gasteiger partial charge < -0.3 is 14.6 Å². The first kappa shape index (κ1) is 13.1. The number of amides is 1. The predicted molar refractivity (Wildman–Crippen MR) is 66.4 cm³/mol. The molecule has 1 aliphatic heterocycles. The highest BCUT2D eigenvalue weighted by Crippen LogP contribution is 2.12. The summed E-state index contributed by atoms with van der Waals surface area (Å²) in [5, 5.41) is 6.70.